The van der Waals surface area contributed by atoms with Crippen molar-refractivity contribution in [2.24, 2.45) is 0 Å². The van der Waals surface area contributed by atoms with Crippen LogP contribution in [0.1, 0.15) is 91.9 Å². The molecule has 0 atom stereocenters. The Bertz CT molecular complexity index is 142. The van der Waals surface area contributed by atoms with E-state index in [0.29, 0.717) is 0 Å². The third kappa shape index (κ3) is 9.64. The standard InChI is InChI=1S/C16H34O/c1-5-8-10-12-14-16(4,17-7-3)15-13-11-9-6-2/h5-15H2,1-4H3. The Hall–Kier alpha value is -0.0400. The average Bonchev–Trinajstić information content (AvgIpc) is 2.31. The molecule has 0 heterocycles. The van der Waals surface area contributed by atoms with E-state index in [2.05, 4.69) is 27.7 Å². The molecule has 0 spiro atoms. The average molecular weight is 242 g/mol. The fraction of sp³-hybridized carbons (Fsp3) is 1.00. The second-order valence-corrected chi connectivity index (χ2v) is 5.50. The highest BCUT2D eigenvalue weighted by atomic mass is 16.5. The van der Waals surface area contributed by atoms with Crippen LogP contribution in [-0.2, 0) is 4.74 Å². The summed E-state index contributed by atoms with van der Waals surface area (Å²) in [5, 5.41) is 0. The molecule has 0 aliphatic carbocycles. The van der Waals surface area contributed by atoms with Crippen LogP contribution in [0.2, 0.25) is 0 Å². The predicted molar refractivity (Wildman–Crippen MR) is 77.5 cm³/mol. The van der Waals surface area contributed by atoms with Crippen molar-refractivity contribution in [3.63, 3.8) is 0 Å². The van der Waals surface area contributed by atoms with Gasteiger partial charge >= 0.3 is 0 Å². The Labute approximate surface area is 109 Å². The van der Waals surface area contributed by atoms with E-state index in [9.17, 15) is 0 Å². The summed E-state index contributed by atoms with van der Waals surface area (Å²) in [6, 6.07) is 0. The topological polar surface area (TPSA) is 9.23 Å². The van der Waals surface area contributed by atoms with Gasteiger partial charge in [0.15, 0.2) is 0 Å². The molecule has 0 N–H and O–H groups in total. The second-order valence-electron chi connectivity index (χ2n) is 5.50. The zero-order chi connectivity index (χ0) is 13.0. The van der Waals surface area contributed by atoms with Crippen LogP contribution in [0.4, 0.5) is 0 Å². The maximum absolute atomic E-state index is 5.99. The first-order valence-electron chi connectivity index (χ1n) is 7.82. The van der Waals surface area contributed by atoms with Crippen LogP contribution in [0.3, 0.4) is 0 Å². The van der Waals surface area contributed by atoms with Gasteiger partial charge in [0.1, 0.15) is 0 Å². The first-order chi connectivity index (χ1) is 8.18. The minimum absolute atomic E-state index is 0.149. The van der Waals surface area contributed by atoms with E-state index in [1.54, 1.807) is 0 Å². The molecule has 0 saturated carbocycles. The molecule has 0 aromatic heterocycles. The van der Waals surface area contributed by atoms with E-state index in [4.69, 9.17) is 4.74 Å². The van der Waals surface area contributed by atoms with Crippen molar-refractivity contribution in [3.05, 3.63) is 0 Å². The molecule has 1 nitrogen and oxygen atoms in total. The van der Waals surface area contributed by atoms with Crippen LogP contribution in [-0.4, -0.2) is 12.2 Å². The summed E-state index contributed by atoms with van der Waals surface area (Å²) in [5.74, 6) is 0. The van der Waals surface area contributed by atoms with Crippen LogP contribution in [0.15, 0.2) is 0 Å². The van der Waals surface area contributed by atoms with Gasteiger partial charge in [-0.25, -0.2) is 0 Å². The summed E-state index contributed by atoms with van der Waals surface area (Å²) < 4.78 is 5.99. The smallest absolute Gasteiger partial charge is 0.0654 e. The summed E-state index contributed by atoms with van der Waals surface area (Å²) in [6.45, 7) is 9.84. The Morgan fingerprint density at radius 1 is 0.706 bits per heavy atom. The molecular weight excluding hydrogens is 208 g/mol. The Balaban J connectivity index is 3.80. The highest BCUT2D eigenvalue weighted by molar-refractivity contribution is 4.75. The third-order valence-electron chi connectivity index (χ3n) is 3.61. The van der Waals surface area contributed by atoms with E-state index in [-0.39, 0.29) is 5.60 Å². The van der Waals surface area contributed by atoms with Crippen molar-refractivity contribution in [1.82, 2.24) is 0 Å². The molecule has 0 unspecified atom stereocenters. The lowest BCUT2D eigenvalue weighted by atomic mass is 9.91. The number of ether oxygens (including phenoxy) is 1. The van der Waals surface area contributed by atoms with Gasteiger partial charge in [0.2, 0.25) is 0 Å². The van der Waals surface area contributed by atoms with Crippen LogP contribution in [0.5, 0.6) is 0 Å². The molecule has 0 aliphatic heterocycles. The lowest BCUT2D eigenvalue weighted by Crippen LogP contribution is -2.28. The molecule has 17 heavy (non-hydrogen) atoms. The second kappa shape index (κ2) is 11.1. The molecular formula is C16H34O. The van der Waals surface area contributed by atoms with Crippen LogP contribution in [0.25, 0.3) is 0 Å². The van der Waals surface area contributed by atoms with Crippen molar-refractivity contribution in [2.75, 3.05) is 6.61 Å². The molecule has 0 rings (SSSR count). The highest BCUT2D eigenvalue weighted by Crippen LogP contribution is 2.26. The quantitative estimate of drug-likeness (QED) is 0.397. The van der Waals surface area contributed by atoms with Gasteiger partial charge in [-0.15, -0.1) is 0 Å². The van der Waals surface area contributed by atoms with Gasteiger partial charge in [-0.05, 0) is 26.7 Å². The zero-order valence-corrected chi connectivity index (χ0v) is 12.7. The number of hydrogen-bond acceptors (Lipinski definition) is 1. The minimum Gasteiger partial charge on any atom is -0.376 e. The van der Waals surface area contributed by atoms with E-state index < -0.39 is 0 Å². The molecule has 0 amide bonds. The minimum atomic E-state index is 0.149. The van der Waals surface area contributed by atoms with Gasteiger partial charge in [-0.3, -0.25) is 0 Å². The Morgan fingerprint density at radius 2 is 1.18 bits per heavy atom. The lowest BCUT2D eigenvalue weighted by molar-refractivity contribution is -0.0403. The first kappa shape index (κ1) is 17.0. The molecule has 0 aromatic carbocycles. The summed E-state index contributed by atoms with van der Waals surface area (Å²) in [6.07, 6.45) is 13.3. The number of unbranched alkanes of at least 4 members (excludes halogenated alkanes) is 6. The first-order valence-corrected chi connectivity index (χ1v) is 7.82. The van der Waals surface area contributed by atoms with Gasteiger partial charge in [-0.1, -0.05) is 65.2 Å². The van der Waals surface area contributed by atoms with Crippen molar-refractivity contribution >= 4 is 0 Å². The fourth-order valence-electron chi connectivity index (χ4n) is 2.47. The van der Waals surface area contributed by atoms with Gasteiger partial charge in [0.25, 0.3) is 0 Å². The molecule has 0 aliphatic rings. The maximum Gasteiger partial charge on any atom is 0.0654 e. The predicted octanol–water partition coefficient (Wildman–Crippen LogP) is 5.72. The van der Waals surface area contributed by atoms with Crippen molar-refractivity contribution in [1.29, 1.82) is 0 Å². The summed E-state index contributed by atoms with van der Waals surface area (Å²) in [7, 11) is 0. The van der Waals surface area contributed by atoms with E-state index >= 15 is 0 Å². The Kier molecular flexibility index (Phi) is 11.0. The molecule has 0 fully saturated rings. The van der Waals surface area contributed by atoms with Gasteiger partial charge in [0.05, 0.1) is 5.60 Å². The zero-order valence-electron chi connectivity index (χ0n) is 12.7. The SMILES string of the molecule is CCCCCCC(C)(CCCCCC)OCC. The normalized spacial score (nSPS) is 12.0. The van der Waals surface area contributed by atoms with Crippen molar-refractivity contribution in [2.45, 2.75) is 97.5 Å². The van der Waals surface area contributed by atoms with E-state index in [1.165, 1.54) is 64.2 Å². The molecule has 0 saturated heterocycles. The third-order valence-corrected chi connectivity index (χ3v) is 3.61. The van der Waals surface area contributed by atoms with Gasteiger partial charge < -0.3 is 4.74 Å². The molecule has 0 radical (unpaired) electrons. The largest absolute Gasteiger partial charge is 0.376 e. The van der Waals surface area contributed by atoms with Crippen molar-refractivity contribution < 1.29 is 4.74 Å². The monoisotopic (exact) mass is 242 g/mol. The Morgan fingerprint density at radius 3 is 1.53 bits per heavy atom. The highest BCUT2D eigenvalue weighted by Gasteiger charge is 2.23. The van der Waals surface area contributed by atoms with Crippen LogP contribution < -0.4 is 0 Å². The van der Waals surface area contributed by atoms with E-state index in [1.807, 2.05) is 0 Å². The fourth-order valence-corrected chi connectivity index (χ4v) is 2.47. The molecule has 0 bridgehead atoms. The maximum atomic E-state index is 5.99. The number of hydrogen-bond donors (Lipinski definition) is 0. The summed E-state index contributed by atoms with van der Waals surface area (Å²) in [5.41, 5.74) is 0.149. The number of rotatable bonds is 12. The van der Waals surface area contributed by atoms with Crippen LogP contribution in [0, 0.1) is 0 Å². The molecule has 0 aromatic rings. The molecule has 104 valence electrons. The summed E-state index contributed by atoms with van der Waals surface area (Å²) >= 11 is 0. The van der Waals surface area contributed by atoms with Gasteiger partial charge in [-0.2, -0.15) is 0 Å². The lowest BCUT2D eigenvalue weighted by Gasteiger charge is -2.30. The van der Waals surface area contributed by atoms with Crippen molar-refractivity contribution in [3.8, 4) is 0 Å². The van der Waals surface area contributed by atoms with E-state index in [0.717, 1.165) is 6.61 Å². The van der Waals surface area contributed by atoms with Gasteiger partial charge in [0, 0.05) is 6.61 Å². The van der Waals surface area contributed by atoms with Crippen LogP contribution >= 0.6 is 0 Å². The summed E-state index contributed by atoms with van der Waals surface area (Å²) in [4.78, 5) is 0. The molecule has 1 heteroatoms.